The highest BCUT2D eigenvalue weighted by atomic mass is 16.6. The minimum Gasteiger partial charge on any atom is -0.497 e. The molecule has 0 fully saturated rings. The van der Waals surface area contributed by atoms with E-state index in [0.29, 0.717) is 5.56 Å². The number of cyclic esters (lactones) is 1. The van der Waals surface area contributed by atoms with Crippen LogP contribution < -0.4 is 10.1 Å². The minimum absolute atomic E-state index is 0.333. The van der Waals surface area contributed by atoms with Crippen LogP contribution in [0, 0.1) is 0 Å². The van der Waals surface area contributed by atoms with Crippen molar-refractivity contribution in [1.82, 2.24) is 0 Å². The number of carbonyl (C=O) groups excluding carboxylic acids is 1. The van der Waals surface area contributed by atoms with Gasteiger partial charge in [-0.2, -0.15) is 0 Å². The van der Waals surface area contributed by atoms with Crippen LogP contribution in [0.4, 0.5) is 5.69 Å². The molecular weight excluding hydrogens is 314 g/mol. The number of hydrogen-bond donors (Lipinski definition) is 1. The summed E-state index contributed by atoms with van der Waals surface area (Å²) in [5, 5.41) is 3.41. The Labute approximate surface area is 146 Å². The second-order valence-electron chi connectivity index (χ2n) is 5.84. The van der Waals surface area contributed by atoms with E-state index < -0.39 is 5.72 Å². The first-order valence-electron chi connectivity index (χ1n) is 8.03. The molecule has 0 aliphatic carbocycles. The van der Waals surface area contributed by atoms with E-state index in [1.807, 2.05) is 72.8 Å². The highest BCUT2D eigenvalue weighted by Gasteiger charge is 2.47. The zero-order chi connectivity index (χ0) is 17.3. The van der Waals surface area contributed by atoms with Crippen molar-refractivity contribution in [2.24, 2.45) is 0 Å². The Morgan fingerprint density at radius 3 is 2.28 bits per heavy atom. The van der Waals surface area contributed by atoms with Gasteiger partial charge in [0.25, 0.3) is 0 Å². The number of fused-ring (bicyclic) bond motifs is 1. The van der Waals surface area contributed by atoms with Gasteiger partial charge in [0.05, 0.1) is 12.7 Å². The number of ether oxygens (including phenoxy) is 2. The summed E-state index contributed by atoms with van der Waals surface area (Å²) in [7, 11) is 1.63. The van der Waals surface area contributed by atoms with Crippen LogP contribution in [-0.4, -0.2) is 13.1 Å². The monoisotopic (exact) mass is 331 g/mol. The lowest BCUT2D eigenvalue weighted by molar-refractivity contribution is 0.0212. The van der Waals surface area contributed by atoms with Crippen molar-refractivity contribution in [2.75, 3.05) is 12.4 Å². The highest BCUT2D eigenvalue weighted by Crippen LogP contribution is 2.42. The summed E-state index contributed by atoms with van der Waals surface area (Å²) in [5.74, 6) is 0.434. The number of rotatable bonds is 4. The van der Waals surface area contributed by atoms with Crippen LogP contribution in [0.15, 0.2) is 78.9 Å². The molecule has 3 aromatic rings. The standard InChI is InChI=1S/C21H17NO3/c1-24-17-13-11-16(12-14-17)22-21(15-7-3-2-4-8-15)19-10-6-5-9-18(19)20(23)25-21/h2-14,22H,1H3/t21-/m1/s1. The maximum atomic E-state index is 12.5. The third-order valence-corrected chi connectivity index (χ3v) is 4.36. The molecule has 1 atom stereocenters. The lowest BCUT2D eigenvalue weighted by atomic mass is 9.92. The Balaban J connectivity index is 1.85. The van der Waals surface area contributed by atoms with Crippen LogP contribution in [0.1, 0.15) is 21.5 Å². The summed E-state index contributed by atoms with van der Waals surface area (Å²) in [6, 6.07) is 24.7. The Morgan fingerprint density at radius 2 is 1.56 bits per heavy atom. The van der Waals surface area contributed by atoms with Gasteiger partial charge in [-0.25, -0.2) is 4.79 Å². The molecule has 0 bridgehead atoms. The molecule has 1 aliphatic heterocycles. The van der Waals surface area contributed by atoms with Crippen molar-refractivity contribution >= 4 is 11.7 Å². The molecule has 3 aromatic carbocycles. The highest BCUT2D eigenvalue weighted by molar-refractivity contribution is 5.96. The van der Waals surface area contributed by atoms with E-state index in [0.717, 1.165) is 22.6 Å². The number of nitrogens with one attached hydrogen (secondary N) is 1. The molecule has 0 saturated heterocycles. The van der Waals surface area contributed by atoms with Crippen LogP contribution in [0.25, 0.3) is 0 Å². The molecule has 0 radical (unpaired) electrons. The number of anilines is 1. The zero-order valence-corrected chi connectivity index (χ0v) is 13.7. The molecule has 0 amide bonds. The number of benzene rings is 3. The van der Waals surface area contributed by atoms with Crippen molar-refractivity contribution in [3.05, 3.63) is 95.6 Å². The summed E-state index contributed by atoms with van der Waals surface area (Å²) in [6.07, 6.45) is 0. The van der Waals surface area contributed by atoms with Gasteiger partial charge < -0.3 is 14.8 Å². The number of carbonyl (C=O) groups is 1. The SMILES string of the molecule is COc1ccc(N[C@]2(c3ccccc3)OC(=O)c3ccccc32)cc1. The van der Waals surface area contributed by atoms with Crippen molar-refractivity contribution in [1.29, 1.82) is 0 Å². The van der Waals surface area contributed by atoms with E-state index in [2.05, 4.69) is 5.32 Å². The first kappa shape index (κ1) is 15.3. The second-order valence-corrected chi connectivity index (χ2v) is 5.84. The van der Waals surface area contributed by atoms with E-state index in [1.54, 1.807) is 13.2 Å². The minimum atomic E-state index is -1.05. The lowest BCUT2D eigenvalue weighted by Gasteiger charge is -2.31. The molecule has 0 saturated carbocycles. The van der Waals surface area contributed by atoms with Gasteiger partial charge >= 0.3 is 5.97 Å². The van der Waals surface area contributed by atoms with Gasteiger partial charge in [0.2, 0.25) is 5.72 Å². The number of esters is 1. The summed E-state index contributed by atoms with van der Waals surface area (Å²) >= 11 is 0. The maximum absolute atomic E-state index is 12.5. The van der Waals surface area contributed by atoms with Crippen molar-refractivity contribution < 1.29 is 14.3 Å². The predicted molar refractivity (Wildman–Crippen MR) is 95.7 cm³/mol. The lowest BCUT2D eigenvalue weighted by Crippen LogP contribution is -2.36. The average molecular weight is 331 g/mol. The summed E-state index contributed by atoms with van der Waals surface area (Å²) < 4.78 is 11.1. The van der Waals surface area contributed by atoms with Gasteiger partial charge in [0.15, 0.2) is 0 Å². The largest absolute Gasteiger partial charge is 0.497 e. The molecular formula is C21H17NO3. The fourth-order valence-corrected chi connectivity index (χ4v) is 3.15. The van der Waals surface area contributed by atoms with Gasteiger partial charge in [0.1, 0.15) is 5.75 Å². The van der Waals surface area contributed by atoms with Crippen LogP contribution in [-0.2, 0) is 10.5 Å². The third kappa shape index (κ3) is 2.52. The fraction of sp³-hybridized carbons (Fsp3) is 0.0952. The van der Waals surface area contributed by atoms with Crippen LogP contribution in [0.3, 0.4) is 0 Å². The van der Waals surface area contributed by atoms with Crippen LogP contribution >= 0.6 is 0 Å². The Kier molecular flexibility index (Phi) is 3.65. The van der Waals surface area contributed by atoms with Crippen molar-refractivity contribution in [2.45, 2.75) is 5.72 Å². The van der Waals surface area contributed by atoms with Crippen LogP contribution in [0.5, 0.6) is 5.75 Å². The molecule has 124 valence electrons. The van der Waals surface area contributed by atoms with E-state index in [1.165, 1.54) is 0 Å². The van der Waals surface area contributed by atoms with E-state index in [4.69, 9.17) is 9.47 Å². The smallest absolute Gasteiger partial charge is 0.341 e. The zero-order valence-electron chi connectivity index (χ0n) is 13.7. The van der Waals surface area contributed by atoms with E-state index in [-0.39, 0.29) is 5.97 Å². The average Bonchev–Trinajstić information content (AvgIpc) is 2.96. The summed E-state index contributed by atoms with van der Waals surface area (Å²) in [4.78, 5) is 12.5. The van der Waals surface area contributed by atoms with Gasteiger partial charge in [-0.05, 0) is 30.3 Å². The Bertz CT molecular complexity index is 906. The first-order chi connectivity index (χ1) is 12.2. The van der Waals surface area contributed by atoms with Gasteiger partial charge in [0, 0.05) is 16.8 Å². The van der Waals surface area contributed by atoms with Crippen molar-refractivity contribution in [3.63, 3.8) is 0 Å². The first-order valence-corrected chi connectivity index (χ1v) is 8.03. The molecule has 1 aliphatic rings. The molecule has 4 nitrogen and oxygen atoms in total. The van der Waals surface area contributed by atoms with Gasteiger partial charge in [-0.15, -0.1) is 0 Å². The fourth-order valence-electron chi connectivity index (χ4n) is 3.15. The molecule has 1 N–H and O–H groups in total. The van der Waals surface area contributed by atoms with Gasteiger partial charge in [-0.1, -0.05) is 48.5 Å². The van der Waals surface area contributed by atoms with Crippen LogP contribution in [0.2, 0.25) is 0 Å². The predicted octanol–water partition coefficient (Wildman–Crippen LogP) is 4.18. The molecule has 1 heterocycles. The molecule has 4 rings (SSSR count). The summed E-state index contributed by atoms with van der Waals surface area (Å²) in [5.41, 5.74) is 2.02. The topological polar surface area (TPSA) is 47.6 Å². The Morgan fingerprint density at radius 1 is 0.880 bits per heavy atom. The molecule has 0 unspecified atom stereocenters. The van der Waals surface area contributed by atoms with Crippen molar-refractivity contribution in [3.8, 4) is 5.75 Å². The van der Waals surface area contributed by atoms with Gasteiger partial charge in [-0.3, -0.25) is 0 Å². The normalized spacial score (nSPS) is 18.4. The molecule has 0 spiro atoms. The molecule has 25 heavy (non-hydrogen) atoms. The molecule has 4 heteroatoms. The quantitative estimate of drug-likeness (QED) is 0.729. The number of methoxy groups -OCH3 is 1. The Hall–Kier alpha value is -3.27. The number of hydrogen-bond acceptors (Lipinski definition) is 4. The second kappa shape index (κ2) is 5.98. The maximum Gasteiger partial charge on any atom is 0.341 e. The van der Waals surface area contributed by atoms with E-state index in [9.17, 15) is 4.79 Å². The van der Waals surface area contributed by atoms with E-state index >= 15 is 0 Å². The molecule has 0 aromatic heterocycles. The third-order valence-electron chi connectivity index (χ3n) is 4.36. The summed E-state index contributed by atoms with van der Waals surface area (Å²) in [6.45, 7) is 0.